The summed E-state index contributed by atoms with van der Waals surface area (Å²) in [4.78, 5) is 4.15. The van der Waals surface area contributed by atoms with Crippen molar-refractivity contribution in [2.45, 2.75) is 26.2 Å². The Morgan fingerprint density at radius 2 is 1.82 bits per heavy atom. The van der Waals surface area contributed by atoms with E-state index in [1.165, 1.54) is 11.3 Å². The second-order valence-corrected chi connectivity index (χ2v) is 4.58. The highest BCUT2D eigenvalue weighted by Gasteiger charge is 2.20. The monoisotopic (exact) mass is 171 g/mol. The number of thiazole rings is 1. The molecule has 62 valence electrons. The van der Waals surface area contributed by atoms with Gasteiger partial charge in [0, 0.05) is 5.41 Å². The number of aromatic nitrogens is 1. The minimum absolute atomic E-state index is 0.00178. The molecule has 0 aliphatic heterocycles. The fraction of sp³-hybridized carbons (Fsp3) is 0.571. The highest BCUT2D eigenvalue weighted by Crippen LogP contribution is 2.32. The third-order valence-corrected chi connectivity index (χ3v) is 2.09. The van der Waals surface area contributed by atoms with Crippen LogP contribution in [0.15, 0.2) is 0 Å². The number of rotatable bonds is 0. The molecular weight excluding hydrogens is 158 g/mol. The van der Waals surface area contributed by atoms with Crippen LogP contribution in [-0.4, -0.2) is 4.98 Å². The topological polar surface area (TPSA) is 64.9 Å². The molecule has 0 aliphatic rings. The molecule has 0 saturated carbocycles. The molecule has 1 aromatic heterocycles. The van der Waals surface area contributed by atoms with Gasteiger partial charge in [-0.15, -0.1) is 0 Å². The quantitative estimate of drug-likeness (QED) is 0.623. The maximum atomic E-state index is 5.70. The van der Waals surface area contributed by atoms with Gasteiger partial charge >= 0.3 is 0 Å². The number of nitrogens with two attached hydrogens (primary N) is 2. The second kappa shape index (κ2) is 2.37. The van der Waals surface area contributed by atoms with Crippen molar-refractivity contribution in [3.05, 3.63) is 5.69 Å². The average Bonchev–Trinajstić information content (AvgIpc) is 2.08. The Bertz CT molecular complexity index is 259. The predicted octanol–water partition coefficient (Wildman–Crippen LogP) is 1.60. The largest absolute Gasteiger partial charge is 0.389 e. The van der Waals surface area contributed by atoms with E-state index >= 15 is 0 Å². The van der Waals surface area contributed by atoms with E-state index in [4.69, 9.17) is 11.5 Å². The molecule has 4 heteroatoms. The lowest BCUT2D eigenvalue weighted by Gasteiger charge is -2.15. The molecule has 0 radical (unpaired) electrons. The maximum absolute atomic E-state index is 5.70. The summed E-state index contributed by atoms with van der Waals surface area (Å²) in [5.41, 5.74) is 12.1. The van der Waals surface area contributed by atoms with Gasteiger partial charge in [0.25, 0.3) is 0 Å². The molecular formula is C7H13N3S. The van der Waals surface area contributed by atoms with Gasteiger partial charge in [-0.05, 0) is 0 Å². The van der Waals surface area contributed by atoms with Crippen LogP contribution < -0.4 is 11.5 Å². The fourth-order valence-corrected chi connectivity index (χ4v) is 1.70. The molecule has 0 unspecified atom stereocenters. The molecule has 0 aromatic carbocycles. The van der Waals surface area contributed by atoms with Gasteiger partial charge in [0.2, 0.25) is 0 Å². The van der Waals surface area contributed by atoms with Crippen LogP contribution in [0.1, 0.15) is 26.5 Å². The van der Waals surface area contributed by atoms with Crippen molar-refractivity contribution in [2.75, 3.05) is 11.5 Å². The third-order valence-electron chi connectivity index (χ3n) is 1.38. The van der Waals surface area contributed by atoms with Crippen LogP contribution in [0.3, 0.4) is 0 Å². The van der Waals surface area contributed by atoms with Crippen LogP contribution in [0.25, 0.3) is 0 Å². The summed E-state index contributed by atoms with van der Waals surface area (Å²) in [6.45, 7) is 6.20. The summed E-state index contributed by atoms with van der Waals surface area (Å²) in [6.07, 6.45) is 0. The van der Waals surface area contributed by atoms with E-state index in [1.54, 1.807) is 0 Å². The van der Waals surface area contributed by atoms with Gasteiger partial charge < -0.3 is 11.5 Å². The Labute approximate surface area is 70.4 Å². The molecule has 4 N–H and O–H groups in total. The zero-order valence-corrected chi connectivity index (χ0v) is 7.83. The van der Waals surface area contributed by atoms with Crippen molar-refractivity contribution in [3.8, 4) is 0 Å². The smallest absolute Gasteiger partial charge is 0.182 e. The summed E-state index contributed by atoms with van der Waals surface area (Å²) in [6, 6.07) is 0. The Balaban J connectivity index is 3.13. The van der Waals surface area contributed by atoms with Crippen molar-refractivity contribution in [3.63, 3.8) is 0 Å². The highest BCUT2D eigenvalue weighted by atomic mass is 32.1. The van der Waals surface area contributed by atoms with Crippen molar-refractivity contribution < 1.29 is 0 Å². The first-order valence-corrected chi connectivity index (χ1v) is 4.25. The lowest BCUT2D eigenvalue weighted by Crippen LogP contribution is -2.13. The van der Waals surface area contributed by atoms with E-state index in [-0.39, 0.29) is 5.41 Å². The zero-order valence-electron chi connectivity index (χ0n) is 7.01. The first-order chi connectivity index (χ1) is 4.91. The number of anilines is 2. The molecule has 0 saturated heterocycles. The van der Waals surface area contributed by atoms with Gasteiger partial charge in [0.15, 0.2) is 5.13 Å². The number of hydrogen-bond donors (Lipinski definition) is 2. The summed E-state index contributed by atoms with van der Waals surface area (Å²) < 4.78 is 0. The molecule has 0 amide bonds. The number of nitrogen functional groups attached to an aromatic ring is 2. The summed E-state index contributed by atoms with van der Waals surface area (Å²) in [5.74, 6) is 0. The van der Waals surface area contributed by atoms with Gasteiger partial charge in [-0.2, -0.15) is 0 Å². The molecule has 0 atom stereocenters. The average molecular weight is 171 g/mol. The van der Waals surface area contributed by atoms with E-state index in [0.717, 1.165) is 10.7 Å². The Kier molecular flexibility index (Phi) is 1.80. The molecule has 0 spiro atoms. The molecule has 11 heavy (non-hydrogen) atoms. The maximum Gasteiger partial charge on any atom is 0.182 e. The fourth-order valence-electron chi connectivity index (χ4n) is 0.886. The van der Waals surface area contributed by atoms with Gasteiger partial charge in [-0.1, -0.05) is 32.1 Å². The number of hydrogen-bond acceptors (Lipinski definition) is 4. The van der Waals surface area contributed by atoms with Crippen LogP contribution >= 0.6 is 11.3 Å². The van der Waals surface area contributed by atoms with E-state index in [2.05, 4.69) is 25.8 Å². The van der Waals surface area contributed by atoms with Gasteiger partial charge in [0.05, 0.1) is 5.69 Å². The first-order valence-electron chi connectivity index (χ1n) is 3.43. The molecule has 1 aromatic rings. The number of nitrogens with zero attached hydrogens (tertiary/aromatic N) is 1. The Morgan fingerprint density at radius 1 is 1.27 bits per heavy atom. The molecule has 1 heterocycles. The van der Waals surface area contributed by atoms with Gasteiger partial charge in [-0.25, -0.2) is 4.98 Å². The molecule has 3 nitrogen and oxygen atoms in total. The van der Waals surface area contributed by atoms with Crippen molar-refractivity contribution >= 4 is 21.5 Å². The Morgan fingerprint density at radius 3 is 2.00 bits per heavy atom. The molecule has 0 bridgehead atoms. The summed E-state index contributed by atoms with van der Waals surface area (Å²) in [5, 5.41) is 1.28. The first kappa shape index (κ1) is 8.33. The predicted molar refractivity (Wildman–Crippen MR) is 49.6 cm³/mol. The van der Waals surface area contributed by atoms with Crippen molar-refractivity contribution in [1.29, 1.82) is 0 Å². The minimum atomic E-state index is -0.00178. The van der Waals surface area contributed by atoms with E-state index < -0.39 is 0 Å². The SMILES string of the molecule is CC(C)(C)c1nc(N)sc1N. The van der Waals surface area contributed by atoms with Gasteiger partial charge in [0.1, 0.15) is 5.00 Å². The third kappa shape index (κ3) is 1.63. The normalized spacial score (nSPS) is 11.9. The standard InChI is InChI=1S/C7H13N3S/c1-7(2,3)4-5(8)11-6(9)10-4/h8H2,1-3H3,(H2,9,10). The van der Waals surface area contributed by atoms with Gasteiger partial charge in [-0.3, -0.25) is 0 Å². The zero-order chi connectivity index (χ0) is 8.65. The van der Waals surface area contributed by atoms with Crippen LogP contribution in [0, 0.1) is 0 Å². The lowest BCUT2D eigenvalue weighted by molar-refractivity contribution is 0.576. The molecule has 1 rings (SSSR count). The van der Waals surface area contributed by atoms with Crippen LogP contribution in [0.5, 0.6) is 0 Å². The lowest BCUT2D eigenvalue weighted by atomic mass is 9.93. The van der Waals surface area contributed by atoms with E-state index in [0.29, 0.717) is 5.13 Å². The van der Waals surface area contributed by atoms with Crippen LogP contribution in [0.2, 0.25) is 0 Å². The molecule has 0 aliphatic carbocycles. The van der Waals surface area contributed by atoms with Crippen molar-refractivity contribution in [1.82, 2.24) is 4.98 Å². The minimum Gasteiger partial charge on any atom is -0.389 e. The Hall–Kier alpha value is -0.770. The second-order valence-electron chi connectivity index (χ2n) is 3.51. The van der Waals surface area contributed by atoms with E-state index in [9.17, 15) is 0 Å². The van der Waals surface area contributed by atoms with Crippen LogP contribution in [-0.2, 0) is 5.41 Å². The molecule has 0 fully saturated rings. The van der Waals surface area contributed by atoms with Crippen molar-refractivity contribution in [2.24, 2.45) is 0 Å². The highest BCUT2D eigenvalue weighted by molar-refractivity contribution is 7.19. The summed E-state index contributed by atoms with van der Waals surface area (Å²) >= 11 is 1.34. The van der Waals surface area contributed by atoms with Crippen LogP contribution in [0.4, 0.5) is 10.1 Å². The summed E-state index contributed by atoms with van der Waals surface area (Å²) in [7, 11) is 0. The van der Waals surface area contributed by atoms with E-state index in [1.807, 2.05) is 0 Å².